The van der Waals surface area contributed by atoms with Crippen LogP contribution >= 0.6 is 24.8 Å². The fourth-order valence-corrected chi connectivity index (χ4v) is 4.45. The van der Waals surface area contributed by atoms with E-state index in [-0.39, 0.29) is 43.0 Å². The maximum Gasteiger partial charge on any atom is 0.408 e. The second-order valence-corrected chi connectivity index (χ2v) is 8.59. The molecule has 4 aromatic rings. The van der Waals surface area contributed by atoms with Crippen LogP contribution in [0, 0.1) is 0 Å². The van der Waals surface area contributed by atoms with Gasteiger partial charge in [0.05, 0.1) is 12.1 Å². The van der Waals surface area contributed by atoms with Crippen LogP contribution in [0.25, 0.3) is 28.1 Å². The van der Waals surface area contributed by atoms with E-state index in [9.17, 15) is 13.2 Å². The summed E-state index contributed by atoms with van der Waals surface area (Å²) in [6.45, 7) is 1.35. The van der Waals surface area contributed by atoms with Gasteiger partial charge in [-0.1, -0.05) is 12.1 Å². The highest BCUT2D eigenvalue weighted by atomic mass is 35.5. The van der Waals surface area contributed by atoms with Crippen molar-refractivity contribution in [2.45, 2.75) is 24.7 Å². The molecule has 1 saturated heterocycles. The van der Waals surface area contributed by atoms with Gasteiger partial charge in [-0.3, -0.25) is 9.30 Å². The number of nitrogens with two attached hydrogens (primary N) is 1. The molecule has 2 N–H and O–H groups in total. The minimum Gasteiger partial charge on any atom is -0.491 e. The van der Waals surface area contributed by atoms with Crippen LogP contribution in [0.4, 0.5) is 13.2 Å². The summed E-state index contributed by atoms with van der Waals surface area (Å²) in [5.41, 5.74) is 7.59. The van der Waals surface area contributed by atoms with E-state index >= 15 is 0 Å². The van der Waals surface area contributed by atoms with E-state index in [0.29, 0.717) is 54.6 Å². The molecule has 4 heterocycles. The number of aromatic nitrogens is 4. The predicted molar refractivity (Wildman–Crippen MR) is 139 cm³/mol. The van der Waals surface area contributed by atoms with Gasteiger partial charge in [0.15, 0.2) is 11.5 Å². The van der Waals surface area contributed by atoms with Gasteiger partial charge in [0.1, 0.15) is 24.1 Å². The smallest absolute Gasteiger partial charge is 0.408 e. The van der Waals surface area contributed by atoms with Crippen LogP contribution in [-0.4, -0.2) is 70.1 Å². The second-order valence-electron chi connectivity index (χ2n) is 8.59. The lowest BCUT2D eigenvalue weighted by atomic mass is 10.1. The topological polar surface area (TPSA) is 90.8 Å². The molecule has 1 aliphatic heterocycles. The molecule has 5 rings (SSSR count). The summed E-state index contributed by atoms with van der Waals surface area (Å²) < 4.78 is 54.5. The highest BCUT2D eigenvalue weighted by molar-refractivity contribution is 5.85. The average molecular weight is 559 g/mol. The van der Waals surface area contributed by atoms with Gasteiger partial charge in [0.2, 0.25) is 0 Å². The van der Waals surface area contributed by atoms with Crippen LogP contribution < -0.4 is 10.5 Å². The Morgan fingerprint density at radius 3 is 2.57 bits per heavy atom. The number of methoxy groups -OCH3 is 1. The maximum atomic E-state index is 14.1. The molecule has 0 amide bonds. The van der Waals surface area contributed by atoms with Gasteiger partial charge in [0.25, 0.3) is 0 Å². The van der Waals surface area contributed by atoms with Crippen molar-refractivity contribution in [3.63, 3.8) is 0 Å². The Balaban J connectivity index is 0.00000190. The Morgan fingerprint density at radius 1 is 1.08 bits per heavy atom. The lowest BCUT2D eigenvalue weighted by molar-refractivity contribution is -0.183. The van der Waals surface area contributed by atoms with Gasteiger partial charge in [-0.25, -0.2) is 4.98 Å². The van der Waals surface area contributed by atoms with Crippen molar-refractivity contribution in [3.8, 4) is 17.3 Å². The quantitative estimate of drug-likeness (QED) is 0.335. The highest BCUT2D eigenvalue weighted by Crippen LogP contribution is 2.39. The number of alkyl halides is 3. The van der Waals surface area contributed by atoms with E-state index in [1.807, 2.05) is 18.2 Å². The summed E-state index contributed by atoms with van der Waals surface area (Å²) in [5.74, 6) is 0.998. The molecule has 3 aromatic heterocycles. The first-order valence-electron chi connectivity index (χ1n) is 11.3. The molecule has 1 aliphatic rings. The third-order valence-electron chi connectivity index (χ3n) is 6.12. The number of nitrogens with zero attached hydrogens (tertiary/aromatic N) is 5. The van der Waals surface area contributed by atoms with Crippen LogP contribution in [0.15, 0.2) is 48.7 Å². The van der Waals surface area contributed by atoms with E-state index in [1.54, 1.807) is 29.7 Å². The Hall–Kier alpha value is -2.70. The summed E-state index contributed by atoms with van der Waals surface area (Å²) >= 11 is 0. The SMILES string of the molecule is COCCOc1ccc2ccc(-c3nnc4ccc([C@@H](N5CC[C@H](N)C5)C(F)(F)F)cn34)nc2c1.Cl.Cl. The monoisotopic (exact) mass is 558 g/mol. The summed E-state index contributed by atoms with van der Waals surface area (Å²) in [4.78, 5) is 6.07. The molecule has 2 atom stereocenters. The normalized spacial score (nSPS) is 16.9. The fraction of sp³-hybridized carbons (Fsp3) is 0.375. The number of ether oxygens (including phenoxy) is 2. The van der Waals surface area contributed by atoms with E-state index in [0.717, 1.165) is 5.39 Å². The largest absolute Gasteiger partial charge is 0.491 e. The fourth-order valence-electron chi connectivity index (χ4n) is 4.45. The number of fused-ring (bicyclic) bond motifs is 2. The Bertz CT molecular complexity index is 1350. The number of rotatable bonds is 7. The Labute approximate surface area is 223 Å². The molecular weight excluding hydrogens is 532 g/mol. The van der Waals surface area contributed by atoms with Gasteiger partial charge in [-0.2, -0.15) is 13.2 Å². The molecule has 8 nitrogen and oxygen atoms in total. The number of pyridine rings is 2. The van der Waals surface area contributed by atoms with Crippen molar-refractivity contribution in [2.24, 2.45) is 5.73 Å². The lowest BCUT2D eigenvalue weighted by Gasteiger charge is -2.30. The number of hydrogen-bond acceptors (Lipinski definition) is 7. The molecule has 0 bridgehead atoms. The average Bonchev–Trinajstić information content (AvgIpc) is 3.44. The molecule has 200 valence electrons. The number of likely N-dealkylation sites (tertiary alicyclic amines) is 1. The first-order valence-corrected chi connectivity index (χ1v) is 11.3. The zero-order chi connectivity index (χ0) is 24.6. The number of hydrogen-bond donors (Lipinski definition) is 1. The van der Waals surface area contributed by atoms with Crippen molar-refractivity contribution in [3.05, 3.63) is 54.2 Å². The van der Waals surface area contributed by atoms with Crippen LogP contribution in [-0.2, 0) is 4.74 Å². The van der Waals surface area contributed by atoms with Crippen molar-refractivity contribution >= 4 is 41.4 Å². The van der Waals surface area contributed by atoms with Crippen molar-refractivity contribution in [1.82, 2.24) is 24.5 Å². The third kappa shape index (κ3) is 6.07. The zero-order valence-electron chi connectivity index (χ0n) is 19.9. The van der Waals surface area contributed by atoms with Crippen LogP contribution in [0.2, 0.25) is 0 Å². The molecule has 0 saturated carbocycles. The van der Waals surface area contributed by atoms with Gasteiger partial charge in [-0.15, -0.1) is 35.0 Å². The number of benzene rings is 1. The molecule has 0 aliphatic carbocycles. The molecule has 37 heavy (non-hydrogen) atoms. The Kier molecular flexibility index (Phi) is 9.19. The molecular formula is C24H27Cl2F3N6O2. The summed E-state index contributed by atoms with van der Waals surface area (Å²) in [6.07, 6.45) is -2.47. The molecule has 0 unspecified atom stereocenters. The summed E-state index contributed by atoms with van der Waals surface area (Å²) in [6, 6.07) is 10.2. The molecule has 0 radical (unpaired) electrons. The lowest BCUT2D eigenvalue weighted by Crippen LogP contribution is -2.38. The minimum atomic E-state index is -4.45. The van der Waals surface area contributed by atoms with Crippen LogP contribution in [0.1, 0.15) is 18.0 Å². The van der Waals surface area contributed by atoms with E-state index < -0.39 is 12.2 Å². The summed E-state index contributed by atoms with van der Waals surface area (Å²) in [7, 11) is 1.60. The van der Waals surface area contributed by atoms with Gasteiger partial charge in [-0.05, 0) is 36.2 Å². The first kappa shape index (κ1) is 28.9. The standard InChI is InChI=1S/C24H25F3N6O2.2ClH/c1-34-10-11-35-18-5-2-15-3-6-19(29-20(15)12-18)23-31-30-21-7-4-16(13-33(21)23)22(24(25,26)27)32-9-8-17(28)14-32;;/h2-7,12-13,17,22H,8-11,14,28H2,1H3;2*1H/t17-,22+;;/m0../s1. The van der Waals surface area contributed by atoms with Gasteiger partial charge in [0, 0.05) is 43.9 Å². The molecule has 1 fully saturated rings. The van der Waals surface area contributed by atoms with Gasteiger partial charge >= 0.3 is 6.18 Å². The highest BCUT2D eigenvalue weighted by Gasteiger charge is 2.46. The zero-order valence-corrected chi connectivity index (χ0v) is 21.5. The van der Waals surface area contributed by atoms with E-state index in [2.05, 4.69) is 15.2 Å². The van der Waals surface area contributed by atoms with Crippen molar-refractivity contribution in [2.75, 3.05) is 33.4 Å². The molecule has 0 spiro atoms. The minimum absolute atomic E-state index is 0. The Morgan fingerprint density at radius 2 is 1.86 bits per heavy atom. The van der Waals surface area contributed by atoms with E-state index in [4.69, 9.17) is 15.2 Å². The van der Waals surface area contributed by atoms with Crippen molar-refractivity contribution < 1.29 is 22.6 Å². The van der Waals surface area contributed by atoms with Crippen molar-refractivity contribution in [1.29, 1.82) is 0 Å². The van der Waals surface area contributed by atoms with Gasteiger partial charge < -0.3 is 15.2 Å². The first-order chi connectivity index (χ1) is 16.8. The van der Waals surface area contributed by atoms with Crippen LogP contribution in [0.5, 0.6) is 5.75 Å². The maximum absolute atomic E-state index is 14.1. The van der Waals surface area contributed by atoms with Crippen LogP contribution in [0.3, 0.4) is 0 Å². The number of halogens is 5. The predicted octanol–water partition coefficient (Wildman–Crippen LogP) is 4.45. The summed E-state index contributed by atoms with van der Waals surface area (Å²) in [5, 5.41) is 9.24. The van der Waals surface area contributed by atoms with E-state index in [1.165, 1.54) is 17.2 Å². The molecule has 1 aromatic carbocycles. The molecule has 13 heteroatoms. The third-order valence-corrected chi connectivity index (χ3v) is 6.12. The second kappa shape index (κ2) is 11.8.